The lowest BCUT2D eigenvalue weighted by molar-refractivity contribution is -0.133. The molecule has 0 aliphatic carbocycles. The van der Waals surface area contributed by atoms with Crippen LogP contribution in [0.3, 0.4) is 0 Å². The number of ether oxygens (including phenoxy) is 2. The first-order chi connectivity index (χ1) is 7.29. The van der Waals surface area contributed by atoms with Crippen molar-refractivity contribution in [1.29, 1.82) is 0 Å². The molecule has 0 amide bonds. The summed E-state index contributed by atoms with van der Waals surface area (Å²) in [5, 5.41) is 0. The average molecular weight is 208 g/mol. The molecular formula is C12H13FO2. The van der Waals surface area contributed by atoms with Crippen molar-refractivity contribution in [3.63, 3.8) is 0 Å². The fraction of sp³-hybridized carbons (Fsp3) is 0.333. The summed E-state index contributed by atoms with van der Waals surface area (Å²) in [5.74, 6) is -0.228. The Morgan fingerprint density at radius 2 is 2.07 bits per heavy atom. The molecular weight excluding hydrogens is 195 g/mol. The lowest BCUT2D eigenvalue weighted by Gasteiger charge is -2.25. The molecule has 1 aromatic rings. The monoisotopic (exact) mass is 208 g/mol. The lowest BCUT2D eigenvalue weighted by Crippen LogP contribution is -2.19. The van der Waals surface area contributed by atoms with E-state index in [2.05, 4.69) is 0 Å². The van der Waals surface area contributed by atoms with Crippen LogP contribution < -0.4 is 0 Å². The molecule has 1 aliphatic heterocycles. The van der Waals surface area contributed by atoms with Gasteiger partial charge in [-0.25, -0.2) is 4.39 Å². The molecule has 0 radical (unpaired) electrons. The minimum absolute atomic E-state index is 0.0412. The van der Waals surface area contributed by atoms with Gasteiger partial charge in [-0.1, -0.05) is 18.2 Å². The van der Waals surface area contributed by atoms with Crippen molar-refractivity contribution in [3.05, 3.63) is 47.8 Å². The second-order valence-electron chi connectivity index (χ2n) is 3.44. The molecule has 1 unspecified atom stereocenters. The van der Waals surface area contributed by atoms with Gasteiger partial charge in [0.05, 0.1) is 6.10 Å². The highest BCUT2D eigenvalue weighted by molar-refractivity contribution is 5.20. The van der Waals surface area contributed by atoms with E-state index in [1.807, 2.05) is 12.2 Å². The Morgan fingerprint density at radius 1 is 1.33 bits per heavy atom. The van der Waals surface area contributed by atoms with E-state index in [0.717, 1.165) is 12.0 Å². The molecule has 1 aliphatic rings. The van der Waals surface area contributed by atoms with Crippen molar-refractivity contribution in [1.82, 2.24) is 0 Å². The molecule has 80 valence electrons. The maximum atomic E-state index is 12.7. The number of rotatable bonds is 2. The number of halogens is 1. The summed E-state index contributed by atoms with van der Waals surface area (Å²) in [7, 11) is 1.60. The first-order valence-electron chi connectivity index (χ1n) is 4.90. The number of hydrogen-bond acceptors (Lipinski definition) is 2. The maximum absolute atomic E-state index is 12.7. The Morgan fingerprint density at radius 3 is 2.73 bits per heavy atom. The van der Waals surface area contributed by atoms with Gasteiger partial charge in [0.15, 0.2) is 6.29 Å². The smallest absolute Gasteiger partial charge is 0.177 e. The van der Waals surface area contributed by atoms with E-state index in [4.69, 9.17) is 9.47 Å². The average Bonchev–Trinajstić information content (AvgIpc) is 2.30. The second-order valence-corrected chi connectivity index (χ2v) is 3.44. The van der Waals surface area contributed by atoms with Gasteiger partial charge in [0, 0.05) is 7.11 Å². The van der Waals surface area contributed by atoms with Crippen molar-refractivity contribution in [3.8, 4) is 0 Å². The second kappa shape index (κ2) is 4.55. The van der Waals surface area contributed by atoms with E-state index in [0.29, 0.717) is 0 Å². The Balaban J connectivity index is 2.11. The van der Waals surface area contributed by atoms with Gasteiger partial charge in [0.1, 0.15) is 5.82 Å². The highest BCUT2D eigenvalue weighted by Gasteiger charge is 2.18. The van der Waals surface area contributed by atoms with Crippen LogP contribution in [0.15, 0.2) is 36.4 Å². The summed E-state index contributed by atoms with van der Waals surface area (Å²) in [4.78, 5) is 0. The molecule has 2 rings (SSSR count). The zero-order valence-corrected chi connectivity index (χ0v) is 8.52. The van der Waals surface area contributed by atoms with E-state index in [-0.39, 0.29) is 18.2 Å². The van der Waals surface area contributed by atoms with E-state index in [1.165, 1.54) is 12.1 Å². The van der Waals surface area contributed by atoms with Crippen molar-refractivity contribution < 1.29 is 13.9 Å². The van der Waals surface area contributed by atoms with Crippen LogP contribution in [0, 0.1) is 5.82 Å². The Kier molecular flexibility index (Phi) is 3.14. The number of hydrogen-bond donors (Lipinski definition) is 0. The van der Waals surface area contributed by atoms with Crippen molar-refractivity contribution in [2.24, 2.45) is 0 Å². The Hall–Kier alpha value is -1.19. The Labute approximate surface area is 88.3 Å². The summed E-state index contributed by atoms with van der Waals surface area (Å²) in [6.07, 6.45) is 4.35. The normalized spacial score (nSPS) is 25.5. The first kappa shape index (κ1) is 10.3. The molecule has 2 nitrogen and oxygen atoms in total. The molecule has 0 fully saturated rings. The molecule has 1 aromatic carbocycles. The van der Waals surface area contributed by atoms with Crippen LogP contribution in [-0.2, 0) is 9.47 Å². The topological polar surface area (TPSA) is 18.5 Å². The third-order valence-electron chi connectivity index (χ3n) is 2.42. The SMILES string of the molecule is COC1C=CC[C@H](c2ccc(F)cc2)O1. The van der Waals surface area contributed by atoms with Crippen LogP contribution in [0.2, 0.25) is 0 Å². The van der Waals surface area contributed by atoms with Gasteiger partial charge in [-0.3, -0.25) is 0 Å². The summed E-state index contributed by atoms with van der Waals surface area (Å²) < 4.78 is 23.4. The number of methoxy groups -OCH3 is 1. The molecule has 0 bridgehead atoms. The summed E-state index contributed by atoms with van der Waals surface area (Å²) in [6.45, 7) is 0. The van der Waals surface area contributed by atoms with Crippen molar-refractivity contribution in [2.75, 3.05) is 7.11 Å². The highest BCUT2D eigenvalue weighted by Crippen LogP contribution is 2.27. The van der Waals surface area contributed by atoms with Gasteiger partial charge in [-0.05, 0) is 30.2 Å². The molecule has 0 aromatic heterocycles. The molecule has 0 saturated heterocycles. The molecule has 15 heavy (non-hydrogen) atoms. The van der Waals surface area contributed by atoms with Gasteiger partial charge in [0.2, 0.25) is 0 Å². The molecule has 3 heteroatoms. The van der Waals surface area contributed by atoms with Crippen LogP contribution >= 0.6 is 0 Å². The van der Waals surface area contributed by atoms with E-state index < -0.39 is 0 Å². The summed E-state index contributed by atoms with van der Waals surface area (Å²) in [6, 6.07) is 6.37. The molecule has 0 spiro atoms. The standard InChI is InChI=1S/C12H13FO2/c1-14-12-4-2-3-11(15-12)9-5-7-10(13)8-6-9/h2,4-8,11-12H,3H2,1H3/t11-,12?/m1/s1. The zero-order chi connectivity index (χ0) is 10.7. The van der Waals surface area contributed by atoms with Crippen LogP contribution in [-0.4, -0.2) is 13.4 Å². The summed E-state index contributed by atoms with van der Waals surface area (Å²) >= 11 is 0. The van der Waals surface area contributed by atoms with E-state index in [1.54, 1.807) is 19.2 Å². The molecule has 0 saturated carbocycles. The predicted octanol–water partition coefficient (Wildman–Crippen LogP) is 2.82. The minimum atomic E-state index is -0.297. The van der Waals surface area contributed by atoms with Crippen LogP contribution in [0.4, 0.5) is 4.39 Å². The quantitative estimate of drug-likeness (QED) is 0.696. The zero-order valence-electron chi connectivity index (χ0n) is 8.52. The number of benzene rings is 1. The minimum Gasteiger partial charge on any atom is -0.352 e. The molecule has 2 atom stereocenters. The molecule has 1 heterocycles. The van der Waals surface area contributed by atoms with Crippen molar-refractivity contribution >= 4 is 0 Å². The fourth-order valence-corrected chi connectivity index (χ4v) is 1.60. The maximum Gasteiger partial charge on any atom is 0.177 e. The Bertz CT molecular complexity index is 345. The van der Waals surface area contributed by atoms with Gasteiger partial charge in [-0.2, -0.15) is 0 Å². The van der Waals surface area contributed by atoms with Crippen LogP contribution in [0.1, 0.15) is 18.1 Å². The lowest BCUT2D eigenvalue weighted by atomic mass is 10.0. The van der Waals surface area contributed by atoms with Gasteiger partial charge >= 0.3 is 0 Å². The largest absolute Gasteiger partial charge is 0.352 e. The third kappa shape index (κ3) is 2.43. The van der Waals surface area contributed by atoms with Gasteiger partial charge < -0.3 is 9.47 Å². The highest BCUT2D eigenvalue weighted by atomic mass is 19.1. The van der Waals surface area contributed by atoms with Gasteiger partial charge in [-0.15, -0.1) is 0 Å². The van der Waals surface area contributed by atoms with Crippen molar-refractivity contribution in [2.45, 2.75) is 18.8 Å². The molecule has 0 N–H and O–H groups in total. The third-order valence-corrected chi connectivity index (χ3v) is 2.42. The van der Waals surface area contributed by atoms with Crippen LogP contribution in [0.5, 0.6) is 0 Å². The summed E-state index contributed by atoms with van der Waals surface area (Å²) in [5.41, 5.74) is 0.975. The fourth-order valence-electron chi connectivity index (χ4n) is 1.60. The van der Waals surface area contributed by atoms with E-state index >= 15 is 0 Å². The van der Waals surface area contributed by atoms with Gasteiger partial charge in [0.25, 0.3) is 0 Å². The van der Waals surface area contributed by atoms with Crippen LogP contribution in [0.25, 0.3) is 0 Å². The predicted molar refractivity (Wildman–Crippen MR) is 54.8 cm³/mol. The van der Waals surface area contributed by atoms with E-state index in [9.17, 15) is 4.39 Å². The first-order valence-corrected chi connectivity index (χ1v) is 4.90.